The highest BCUT2D eigenvalue weighted by molar-refractivity contribution is 5.24. The molecule has 0 spiro atoms. The number of nitrogens with zero attached hydrogens (tertiary/aromatic N) is 3. The second kappa shape index (κ2) is 6.03. The van der Waals surface area contributed by atoms with Gasteiger partial charge in [-0.25, -0.2) is 9.97 Å². The van der Waals surface area contributed by atoms with Gasteiger partial charge in [0.1, 0.15) is 0 Å². The van der Waals surface area contributed by atoms with E-state index in [1.807, 2.05) is 6.07 Å². The van der Waals surface area contributed by atoms with E-state index in [4.69, 9.17) is 0 Å². The third-order valence-electron chi connectivity index (χ3n) is 4.23. The molecular weight excluding hydrogens is 254 g/mol. The minimum atomic E-state index is -0.525. The molecule has 2 fully saturated rings. The lowest BCUT2D eigenvalue weighted by Gasteiger charge is -2.36. The van der Waals surface area contributed by atoms with Crippen LogP contribution in [0.5, 0.6) is 0 Å². The minimum absolute atomic E-state index is 0.435. The van der Waals surface area contributed by atoms with Crippen LogP contribution in [0.4, 0.5) is 5.95 Å². The molecule has 1 atom stereocenters. The normalized spacial score (nSPS) is 28.6. The monoisotopic (exact) mass is 277 g/mol. The molecule has 0 saturated carbocycles. The fraction of sp³-hybridized carbons (Fsp3) is 0.714. The highest BCUT2D eigenvalue weighted by Gasteiger charge is 2.34. The first-order chi connectivity index (χ1) is 9.73. The van der Waals surface area contributed by atoms with Crippen molar-refractivity contribution in [3.63, 3.8) is 0 Å². The molecule has 3 heterocycles. The number of nitrogens with one attached hydrogen (secondary N) is 2. The maximum Gasteiger partial charge on any atom is 0.222 e. The van der Waals surface area contributed by atoms with Gasteiger partial charge in [-0.05, 0) is 31.9 Å². The summed E-state index contributed by atoms with van der Waals surface area (Å²) in [5.74, 6) is 0.713. The van der Waals surface area contributed by atoms with Crippen LogP contribution in [0.1, 0.15) is 19.3 Å². The molecule has 2 aliphatic heterocycles. The van der Waals surface area contributed by atoms with Crippen molar-refractivity contribution >= 4 is 5.95 Å². The first-order valence-corrected chi connectivity index (χ1v) is 7.43. The largest absolute Gasteiger partial charge is 0.387 e. The van der Waals surface area contributed by atoms with E-state index in [1.54, 1.807) is 12.4 Å². The molecule has 20 heavy (non-hydrogen) atoms. The molecule has 0 bridgehead atoms. The van der Waals surface area contributed by atoms with Crippen molar-refractivity contribution < 1.29 is 5.11 Å². The van der Waals surface area contributed by atoms with Crippen molar-refractivity contribution in [3.8, 4) is 0 Å². The van der Waals surface area contributed by atoms with Gasteiger partial charge in [0, 0.05) is 44.6 Å². The molecular formula is C14H23N5O. The van der Waals surface area contributed by atoms with Crippen LogP contribution < -0.4 is 10.6 Å². The third-order valence-corrected chi connectivity index (χ3v) is 4.23. The van der Waals surface area contributed by atoms with Crippen molar-refractivity contribution in [2.24, 2.45) is 0 Å². The van der Waals surface area contributed by atoms with Crippen LogP contribution in [-0.4, -0.2) is 64.3 Å². The molecule has 6 nitrogen and oxygen atoms in total. The number of β-amino-alcohol motifs (C(OH)–C–C–N with tert-alkyl or cyclic N) is 1. The minimum Gasteiger partial charge on any atom is -0.387 e. The lowest BCUT2D eigenvalue weighted by Crippen LogP contribution is -2.48. The van der Waals surface area contributed by atoms with Crippen molar-refractivity contribution in [2.75, 3.05) is 38.0 Å². The molecule has 1 aromatic rings. The zero-order valence-electron chi connectivity index (χ0n) is 11.8. The summed E-state index contributed by atoms with van der Waals surface area (Å²) in [4.78, 5) is 10.8. The Morgan fingerprint density at radius 3 is 2.75 bits per heavy atom. The maximum atomic E-state index is 10.4. The van der Waals surface area contributed by atoms with Crippen LogP contribution in [0, 0.1) is 0 Å². The van der Waals surface area contributed by atoms with Gasteiger partial charge in [0.05, 0.1) is 5.60 Å². The average molecular weight is 277 g/mol. The van der Waals surface area contributed by atoms with Crippen LogP contribution >= 0.6 is 0 Å². The fourth-order valence-corrected chi connectivity index (χ4v) is 3.07. The van der Waals surface area contributed by atoms with E-state index in [0.29, 0.717) is 12.0 Å². The maximum absolute atomic E-state index is 10.4. The summed E-state index contributed by atoms with van der Waals surface area (Å²) >= 11 is 0. The van der Waals surface area contributed by atoms with E-state index in [1.165, 1.54) is 0 Å². The molecule has 2 saturated heterocycles. The lowest BCUT2D eigenvalue weighted by molar-refractivity contribution is 0.0146. The lowest BCUT2D eigenvalue weighted by atomic mass is 9.99. The topological polar surface area (TPSA) is 73.3 Å². The van der Waals surface area contributed by atoms with Crippen LogP contribution in [0.15, 0.2) is 18.5 Å². The van der Waals surface area contributed by atoms with Gasteiger partial charge in [0.25, 0.3) is 0 Å². The Balaban J connectivity index is 1.45. The Morgan fingerprint density at radius 2 is 2.10 bits per heavy atom. The van der Waals surface area contributed by atoms with Gasteiger partial charge in [0.2, 0.25) is 5.95 Å². The van der Waals surface area contributed by atoms with Gasteiger partial charge in [-0.2, -0.15) is 0 Å². The zero-order chi connectivity index (χ0) is 13.8. The van der Waals surface area contributed by atoms with Crippen molar-refractivity contribution in [3.05, 3.63) is 18.5 Å². The summed E-state index contributed by atoms with van der Waals surface area (Å²) in [5.41, 5.74) is -0.525. The van der Waals surface area contributed by atoms with E-state index in [9.17, 15) is 5.11 Å². The first-order valence-electron chi connectivity index (χ1n) is 7.43. The molecule has 0 aromatic carbocycles. The Bertz CT molecular complexity index is 413. The first kappa shape index (κ1) is 13.7. The highest BCUT2D eigenvalue weighted by Crippen LogP contribution is 2.20. The number of rotatable bonds is 4. The van der Waals surface area contributed by atoms with Gasteiger partial charge in [-0.3, -0.25) is 0 Å². The zero-order valence-corrected chi connectivity index (χ0v) is 11.8. The summed E-state index contributed by atoms with van der Waals surface area (Å²) in [7, 11) is 0. The molecule has 110 valence electrons. The fourth-order valence-electron chi connectivity index (χ4n) is 3.07. The third kappa shape index (κ3) is 3.45. The summed E-state index contributed by atoms with van der Waals surface area (Å²) in [6.07, 6.45) is 6.52. The molecule has 0 aliphatic carbocycles. The number of hydrogen-bond donors (Lipinski definition) is 3. The number of piperidine rings is 1. The van der Waals surface area contributed by atoms with E-state index in [0.717, 1.165) is 52.0 Å². The molecule has 2 aliphatic rings. The second-order valence-corrected chi connectivity index (χ2v) is 5.92. The van der Waals surface area contributed by atoms with Crippen molar-refractivity contribution in [1.29, 1.82) is 0 Å². The van der Waals surface area contributed by atoms with Gasteiger partial charge >= 0.3 is 0 Å². The molecule has 1 aromatic heterocycles. The number of aromatic nitrogens is 2. The number of likely N-dealkylation sites (tertiary alicyclic amines) is 1. The number of anilines is 1. The standard InChI is InChI=1S/C14H23N5O/c20-14(4-7-15-10-14)11-19-8-2-12(3-9-19)18-13-16-5-1-6-17-13/h1,5-6,12,15,20H,2-4,7-11H2,(H,16,17,18)/t14-/m0/s1. The Morgan fingerprint density at radius 1 is 1.35 bits per heavy atom. The Labute approximate surface area is 119 Å². The average Bonchev–Trinajstić information content (AvgIpc) is 2.89. The SMILES string of the molecule is O[C@@]1(CN2CCC(Nc3ncccn3)CC2)CCNC1. The van der Waals surface area contributed by atoms with E-state index < -0.39 is 5.60 Å². The molecule has 3 N–H and O–H groups in total. The Kier molecular flexibility index (Phi) is 4.14. The number of aliphatic hydroxyl groups is 1. The quantitative estimate of drug-likeness (QED) is 0.724. The van der Waals surface area contributed by atoms with Crippen molar-refractivity contribution in [2.45, 2.75) is 30.9 Å². The summed E-state index contributed by atoms with van der Waals surface area (Å²) in [6.45, 7) is 4.48. The van der Waals surface area contributed by atoms with E-state index >= 15 is 0 Å². The van der Waals surface area contributed by atoms with Gasteiger partial charge in [0.15, 0.2) is 0 Å². The van der Waals surface area contributed by atoms with Crippen LogP contribution in [0.2, 0.25) is 0 Å². The predicted octanol–water partition coefficient (Wildman–Crippen LogP) is 0.0773. The molecule has 0 amide bonds. The summed E-state index contributed by atoms with van der Waals surface area (Å²) < 4.78 is 0. The van der Waals surface area contributed by atoms with Gasteiger partial charge in [-0.1, -0.05) is 0 Å². The van der Waals surface area contributed by atoms with Crippen LogP contribution in [0.25, 0.3) is 0 Å². The smallest absolute Gasteiger partial charge is 0.222 e. The van der Waals surface area contributed by atoms with Gasteiger partial charge < -0.3 is 20.6 Å². The second-order valence-electron chi connectivity index (χ2n) is 5.92. The van der Waals surface area contributed by atoms with E-state index in [2.05, 4.69) is 25.5 Å². The Hall–Kier alpha value is -1.24. The van der Waals surface area contributed by atoms with E-state index in [-0.39, 0.29) is 0 Å². The van der Waals surface area contributed by atoms with Crippen LogP contribution in [0.3, 0.4) is 0 Å². The highest BCUT2D eigenvalue weighted by atomic mass is 16.3. The number of hydrogen-bond acceptors (Lipinski definition) is 6. The molecule has 3 rings (SSSR count). The summed E-state index contributed by atoms with van der Waals surface area (Å²) in [5, 5.41) is 17.0. The van der Waals surface area contributed by atoms with Crippen molar-refractivity contribution in [1.82, 2.24) is 20.2 Å². The molecule has 6 heteroatoms. The molecule has 0 unspecified atom stereocenters. The molecule has 0 radical (unpaired) electrons. The summed E-state index contributed by atoms with van der Waals surface area (Å²) in [6, 6.07) is 2.26. The van der Waals surface area contributed by atoms with Gasteiger partial charge in [-0.15, -0.1) is 0 Å². The predicted molar refractivity (Wildman–Crippen MR) is 77.6 cm³/mol. The van der Waals surface area contributed by atoms with Crippen LogP contribution in [-0.2, 0) is 0 Å².